The second-order valence-corrected chi connectivity index (χ2v) is 3.33. The van der Waals surface area contributed by atoms with Gasteiger partial charge in [0.05, 0.1) is 6.61 Å². The van der Waals surface area contributed by atoms with E-state index in [1.807, 2.05) is 13.8 Å². The lowest BCUT2D eigenvalue weighted by atomic mass is 10.1. The second-order valence-electron chi connectivity index (χ2n) is 3.33. The maximum Gasteiger partial charge on any atom is 0.345 e. The molecule has 0 N–H and O–H groups in total. The first-order valence-corrected chi connectivity index (χ1v) is 4.65. The number of carbonyl (C=O) groups is 2. The van der Waals surface area contributed by atoms with Gasteiger partial charge in [-0.25, -0.2) is 4.79 Å². The molecule has 0 aromatic rings. The van der Waals surface area contributed by atoms with E-state index in [-0.39, 0.29) is 30.5 Å². The highest BCUT2D eigenvalue weighted by Crippen LogP contribution is 2.24. The van der Waals surface area contributed by atoms with Gasteiger partial charge in [0.2, 0.25) is 5.78 Å². The molecule has 0 amide bonds. The molecule has 1 aliphatic rings. The van der Waals surface area contributed by atoms with Crippen molar-refractivity contribution in [3.8, 4) is 0 Å². The van der Waals surface area contributed by atoms with Gasteiger partial charge in [-0.1, -0.05) is 13.8 Å². The number of Topliss-reactive ketones (excluding diaryl/α,β-unsaturated/α-hetero) is 1. The molecular formula is C10H14O4. The summed E-state index contributed by atoms with van der Waals surface area (Å²) in [5.41, 5.74) is 0.0850. The van der Waals surface area contributed by atoms with E-state index in [4.69, 9.17) is 9.47 Å². The van der Waals surface area contributed by atoms with Crippen molar-refractivity contribution in [1.29, 1.82) is 0 Å². The number of esters is 1. The molecule has 0 unspecified atom stereocenters. The van der Waals surface area contributed by atoms with Gasteiger partial charge in [0.25, 0.3) is 0 Å². The molecule has 14 heavy (non-hydrogen) atoms. The first-order valence-electron chi connectivity index (χ1n) is 4.65. The van der Waals surface area contributed by atoms with Crippen molar-refractivity contribution in [2.24, 2.45) is 5.92 Å². The fourth-order valence-electron chi connectivity index (χ4n) is 1.30. The van der Waals surface area contributed by atoms with Crippen molar-refractivity contribution in [2.75, 3.05) is 13.2 Å². The molecular weight excluding hydrogens is 184 g/mol. The topological polar surface area (TPSA) is 52.6 Å². The van der Waals surface area contributed by atoms with Crippen LogP contribution in [-0.4, -0.2) is 25.0 Å². The quantitative estimate of drug-likeness (QED) is 0.502. The van der Waals surface area contributed by atoms with Gasteiger partial charge in [0, 0.05) is 5.92 Å². The standard InChI is InChI=1S/C10H14O4/c1-4-13-10(12)8-7(11)5-14-9(8)6(2)3/h6H,4-5H2,1-3H3. The van der Waals surface area contributed by atoms with Crippen LogP contribution in [0.4, 0.5) is 0 Å². The summed E-state index contributed by atoms with van der Waals surface area (Å²) in [4.78, 5) is 22.7. The van der Waals surface area contributed by atoms with Crippen LogP contribution in [0.25, 0.3) is 0 Å². The van der Waals surface area contributed by atoms with Gasteiger partial charge >= 0.3 is 5.97 Å². The highest BCUT2D eigenvalue weighted by molar-refractivity contribution is 6.19. The minimum absolute atomic E-state index is 0.0286. The van der Waals surface area contributed by atoms with E-state index in [1.54, 1.807) is 6.92 Å². The molecule has 0 spiro atoms. The summed E-state index contributed by atoms with van der Waals surface area (Å²) in [6.07, 6.45) is 0. The molecule has 0 aliphatic carbocycles. The molecule has 0 bridgehead atoms. The van der Waals surface area contributed by atoms with Crippen molar-refractivity contribution in [3.05, 3.63) is 11.3 Å². The zero-order chi connectivity index (χ0) is 10.7. The zero-order valence-electron chi connectivity index (χ0n) is 8.62. The Balaban J connectivity index is 2.94. The largest absolute Gasteiger partial charge is 0.488 e. The van der Waals surface area contributed by atoms with Crippen LogP contribution in [0.15, 0.2) is 11.3 Å². The summed E-state index contributed by atoms with van der Waals surface area (Å²) in [5, 5.41) is 0. The zero-order valence-corrected chi connectivity index (χ0v) is 8.62. The summed E-state index contributed by atoms with van der Waals surface area (Å²) in [6, 6.07) is 0. The minimum Gasteiger partial charge on any atom is -0.488 e. The lowest BCUT2D eigenvalue weighted by molar-refractivity contribution is -0.139. The van der Waals surface area contributed by atoms with E-state index in [0.29, 0.717) is 5.76 Å². The highest BCUT2D eigenvalue weighted by Gasteiger charge is 2.32. The Morgan fingerprint density at radius 1 is 1.57 bits per heavy atom. The molecule has 1 aliphatic heterocycles. The van der Waals surface area contributed by atoms with Gasteiger partial charge in [-0.3, -0.25) is 4.79 Å². The predicted octanol–water partition coefficient (Wildman–Crippen LogP) is 1.06. The number of rotatable bonds is 3. The summed E-state index contributed by atoms with van der Waals surface area (Å²) in [5.74, 6) is -0.375. The molecule has 1 heterocycles. The molecule has 0 aromatic carbocycles. The summed E-state index contributed by atoms with van der Waals surface area (Å²) >= 11 is 0. The van der Waals surface area contributed by atoms with Crippen LogP contribution >= 0.6 is 0 Å². The fourth-order valence-corrected chi connectivity index (χ4v) is 1.30. The predicted molar refractivity (Wildman–Crippen MR) is 49.5 cm³/mol. The smallest absolute Gasteiger partial charge is 0.345 e. The van der Waals surface area contributed by atoms with Crippen LogP contribution in [0.5, 0.6) is 0 Å². The number of allylic oxidation sites excluding steroid dienone is 1. The normalized spacial score (nSPS) is 16.1. The summed E-state index contributed by atoms with van der Waals surface area (Å²) in [7, 11) is 0. The van der Waals surface area contributed by atoms with Crippen molar-refractivity contribution in [2.45, 2.75) is 20.8 Å². The van der Waals surface area contributed by atoms with Gasteiger partial charge in [0.1, 0.15) is 11.3 Å². The van der Waals surface area contributed by atoms with Crippen molar-refractivity contribution >= 4 is 11.8 Å². The van der Waals surface area contributed by atoms with E-state index in [9.17, 15) is 9.59 Å². The third-order valence-corrected chi connectivity index (χ3v) is 1.89. The maximum atomic E-state index is 11.4. The van der Waals surface area contributed by atoms with Crippen LogP contribution < -0.4 is 0 Å². The van der Waals surface area contributed by atoms with E-state index >= 15 is 0 Å². The molecule has 0 saturated heterocycles. The SMILES string of the molecule is CCOC(=O)C1=C(C(C)C)OCC1=O. The third-order valence-electron chi connectivity index (χ3n) is 1.89. The third kappa shape index (κ3) is 1.95. The van der Waals surface area contributed by atoms with Crippen molar-refractivity contribution < 1.29 is 19.1 Å². The number of hydrogen-bond donors (Lipinski definition) is 0. The number of carbonyl (C=O) groups excluding carboxylic acids is 2. The molecule has 0 atom stereocenters. The van der Waals surface area contributed by atoms with Gasteiger partial charge in [-0.15, -0.1) is 0 Å². The minimum atomic E-state index is -0.571. The Morgan fingerprint density at radius 2 is 2.21 bits per heavy atom. The molecule has 0 radical (unpaired) electrons. The molecule has 0 aromatic heterocycles. The van der Waals surface area contributed by atoms with E-state index < -0.39 is 5.97 Å². The lowest BCUT2D eigenvalue weighted by Gasteiger charge is -2.07. The summed E-state index contributed by atoms with van der Waals surface area (Å²) < 4.78 is 9.91. The van der Waals surface area contributed by atoms with Crippen LogP contribution in [0, 0.1) is 5.92 Å². The Morgan fingerprint density at radius 3 is 2.71 bits per heavy atom. The second kappa shape index (κ2) is 4.26. The number of ketones is 1. The van der Waals surface area contributed by atoms with Crippen LogP contribution in [0.1, 0.15) is 20.8 Å². The van der Waals surface area contributed by atoms with E-state index in [0.717, 1.165) is 0 Å². The highest BCUT2D eigenvalue weighted by atomic mass is 16.5. The van der Waals surface area contributed by atoms with Crippen LogP contribution in [-0.2, 0) is 19.1 Å². The fraction of sp³-hybridized carbons (Fsp3) is 0.600. The first kappa shape index (κ1) is 10.8. The van der Waals surface area contributed by atoms with Crippen molar-refractivity contribution in [1.82, 2.24) is 0 Å². The molecule has 78 valence electrons. The molecule has 1 rings (SSSR count). The van der Waals surface area contributed by atoms with Gasteiger partial charge in [-0.05, 0) is 6.92 Å². The first-order chi connectivity index (χ1) is 6.57. The molecule has 0 saturated carbocycles. The Kier molecular flexibility index (Phi) is 3.28. The monoisotopic (exact) mass is 198 g/mol. The van der Waals surface area contributed by atoms with Crippen LogP contribution in [0.3, 0.4) is 0 Å². The lowest BCUT2D eigenvalue weighted by Crippen LogP contribution is -2.15. The average molecular weight is 198 g/mol. The Bertz CT molecular complexity index is 288. The van der Waals surface area contributed by atoms with Gasteiger partial charge in [0.15, 0.2) is 6.61 Å². The molecule has 4 heteroatoms. The summed E-state index contributed by atoms with van der Waals surface area (Å²) in [6.45, 7) is 5.66. The maximum absolute atomic E-state index is 11.4. The van der Waals surface area contributed by atoms with Crippen LogP contribution in [0.2, 0.25) is 0 Å². The van der Waals surface area contributed by atoms with Gasteiger partial charge in [-0.2, -0.15) is 0 Å². The molecule has 4 nitrogen and oxygen atoms in total. The number of hydrogen-bond acceptors (Lipinski definition) is 4. The number of ether oxygens (including phenoxy) is 2. The Hall–Kier alpha value is -1.32. The van der Waals surface area contributed by atoms with Gasteiger partial charge < -0.3 is 9.47 Å². The van der Waals surface area contributed by atoms with Crippen molar-refractivity contribution in [3.63, 3.8) is 0 Å². The van der Waals surface area contributed by atoms with E-state index in [2.05, 4.69) is 0 Å². The Labute approximate surface area is 82.9 Å². The molecule has 0 fully saturated rings. The van der Waals surface area contributed by atoms with E-state index in [1.165, 1.54) is 0 Å². The average Bonchev–Trinajstić information content (AvgIpc) is 2.47.